The number of nitrogens with zero attached hydrogens (tertiary/aromatic N) is 1. The number of hydrazone groups is 1. The van der Waals surface area contributed by atoms with E-state index in [0.29, 0.717) is 12.8 Å². The molecule has 56 valence electrons. The molecule has 1 rings (SSSR count). The maximum atomic E-state index is 10.4. The summed E-state index contributed by atoms with van der Waals surface area (Å²) in [4.78, 5) is 10.4. The highest BCUT2D eigenvalue weighted by atomic mass is 16.4. The zero-order valence-electron chi connectivity index (χ0n) is 5.58. The Morgan fingerprint density at radius 1 is 1.80 bits per heavy atom. The van der Waals surface area contributed by atoms with Crippen LogP contribution in [0.25, 0.3) is 0 Å². The third kappa shape index (κ3) is 1.26. The van der Waals surface area contributed by atoms with Crippen molar-refractivity contribution in [2.75, 3.05) is 0 Å². The fourth-order valence-electron chi connectivity index (χ4n) is 1.16. The van der Waals surface area contributed by atoms with Crippen LogP contribution in [0.4, 0.5) is 0 Å². The van der Waals surface area contributed by atoms with Gasteiger partial charge < -0.3 is 10.9 Å². The van der Waals surface area contributed by atoms with Crippen molar-refractivity contribution in [3.63, 3.8) is 0 Å². The average molecular weight is 142 g/mol. The Labute approximate surface area is 58.7 Å². The van der Waals surface area contributed by atoms with Crippen molar-refractivity contribution in [1.82, 2.24) is 0 Å². The molecule has 0 aliphatic heterocycles. The monoisotopic (exact) mass is 142 g/mol. The summed E-state index contributed by atoms with van der Waals surface area (Å²) in [5.74, 6) is 4.01. The van der Waals surface area contributed by atoms with E-state index >= 15 is 0 Å². The molecular weight excluding hydrogens is 132 g/mol. The van der Waals surface area contributed by atoms with Crippen LogP contribution in [0.1, 0.15) is 19.3 Å². The lowest BCUT2D eigenvalue weighted by molar-refractivity contribution is -0.141. The molecule has 4 heteroatoms. The number of rotatable bonds is 1. The van der Waals surface area contributed by atoms with Crippen LogP contribution < -0.4 is 5.84 Å². The van der Waals surface area contributed by atoms with Gasteiger partial charge in [0.2, 0.25) is 0 Å². The summed E-state index contributed by atoms with van der Waals surface area (Å²) in [6.45, 7) is 0. The van der Waals surface area contributed by atoms with Crippen LogP contribution in [-0.2, 0) is 4.79 Å². The Hall–Kier alpha value is -1.06. The summed E-state index contributed by atoms with van der Waals surface area (Å²) < 4.78 is 0. The molecule has 0 bridgehead atoms. The SMILES string of the molecule is N/N=C1/CC[C@H](C(=O)O)C1. The molecule has 1 aliphatic rings. The number of aliphatic carboxylic acids is 1. The van der Waals surface area contributed by atoms with Gasteiger partial charge in [0.05, 0.1) is 5.92 Å². The minimum absolute atomic E-state index is 0.248. The van der Waals surface area contributed by atoms with Crippen LogP contribution in [0.5, 0.6) is 0 Å². The van der Waals surface area contributed by atoms with Crippen LogP contribution in [-0.4, -0.2) is 16.8 Å². The zero-order valence-corrected chi connectivity index (χ0v) is 5.58. The maximum absolute atomic E-state index is 10.4. The highest BCUT2D eigenvalue weighted by molar-refractivity contribution is 5.91. The summed E-state index contributed by atoms with van der Waals surface area (Å²) in [6.07, 6.45) is 1.96. The first-order valence-electron chi connectivity index (χ1n) is 3.22. The largest absolute Gasteiger partial charge is 0.481 e. The number of hydrogen-bond donors (Lipinski definition) is 2. The normalized spacial score (nSPS) is 29.2. The van der Waals surface area contributed by atoms with Gasteiger partial charge in [0.1, 0.15) is 0 Å². The molecule has 0 unspecified atom stereocenters. The first-order valence-corrected chi connectivity index (χ1v) is 3.22. The molecule has 0 aromatic carbocycles. The number of carboxylic acids is 1. The summed E-state index contributed by atoms with van der Waals surface area (Å²) in [7, 11) is 0. The van der Waals surface area contributed by atoms with E-state index in [0.717, 1.165) is 12.1 Å². The fraction of sp³-hybridized carbons (Fsp3) is 0.667. The van der Waals surface area contributed by atoms with Crippen molar-refractivity contribution in [3.8, 4) is 0 Å². The van der Waals surface area contributed by atoms with Gasteiger partial charge in [-0.1, -0.05) is 0 Å². The minimum atomic E-state index is -0.737. The molecule has 0 aromatic heterocycles. The van der Waals surface area contributed by atoms with Gasteiger partial charge in [0.15, 0.2) is 0 Å². The van der Waals surface area contributed by atoms with Crippen molar-refractivity contribution in [3.05, 3.63) is 0 Å². The minimum Gasteiger partial charge on any atom is -0.481 e. The summed E-state index contributed by atoms with van der Waals surface area (Å²) in [5, 5.41) is 12.0. The molecule has 10 heavy (non-hydrogen) atoms. The van der Waals surface area contributed by atoms with E-state index in [1.54, 1.807) is 0 Å². The first kappa shape index (κ1) is 7.05. The van der Waals surface area contributed by atoms with Gasteiger partial charge in [-0.15, -0.1) is 0 Å². The van der Waals surface area contributed by atoms with Gasteiger partial charge in [-0.25, -0.2) is 0 Å². The maximum Gasteiger partial charge on any atom is 0.306 e. The third-order valence-corrected chi connectivity index (χ3v) is 1.80. The van der Waals surface area contributed by atoms with E-state index < -0.39 is 5.97 Å². The third-order valence-electron chi connectivity index (χ3n) is 1.80. The van der Waals surface area contributed by atoms with Crippen LogP contribution >= 0.6 is 0 Å². The molecule has 4 nitrogen and oxygen atoms in total. The molecule has 0 saturated heterocycles. The smallest absolute Gasteiger partial charge is 0.306 e. The molecule has 0 amide bonds. The highest BCUT2D eigenvalue weighted by Crippen LogP contribution is 2.22. The van der Waals surface area contributed by atoms with Crippen molar-refractivity contribution in [2.45, 2.75) is 19.3 Å². The summed E-state index contributed by atoms with van der Waals surface area (Å²) >= 11 is 0. The summed E-state index contributed by atoms with van der Waals surface area (Å²) in [6, 6.07) is 0. The highest BCUT2D eigenvalue weighted by Gasteiger charge is 2.26. The predicted molar refractivity (Wildman–Crippen MR) is 36.6 cm³/mol. The molecule has 0 radical (unpaired) electrons. The second kappa shape index (κ2) is 2.68. The lowest BCUT2D eigenvalue weighted by atomic mass is 10.1. The molecule has 0 spiro atoms. The van der Waals surface area contributed by atoms with Gasteiger partial charge in [-0.3, -0.25) is 4.79 Å². The Morgan fingerprint density at radius 3 is 2.80 bits per heavy atom. The molecule has 1 fully saturated rings. The van der Waals surface area contributed by atoms with E-state index in [2.05, 4.69) is 5.10 Å². The van der Waals surface area contributed by atoms with Gasteiger partial charge in [-0.2, -0.15) is 5.10 Å². The van der Waals surface area contributed by atoms with Gasteiger partial charge in [0, 0.05) is 12.1 Å². The Balaban J connectivity index is 2.51. The number of carbonyl (C=O) groups is 1. The number of carboxylic acid groups (broad SMARTS) is 1. The van der Waals surface area contributed by atoms with E-state index in [9.17, 15) is 4.79 Å². The van der Waals surface area contributed by atoms with Crippen LogP contribution in [0.3, 0.4) is 0 Å². The van der Waals surface area contributed by atoms with Crippen molar-refractivity contribution < 1.29 is 9.90 Å². The van der Waals surface area contributed by atoms with Crippen molar-refractivity contribution in [1.29, 1.82) is 0 Å². The fourth-order valence-corrected chi connectivity index (χ4v) is 1.16. The zero-order chi connectivity index (χ0) is 7.56. The van der Waals surface area contributed by atoms with Crippen LogP contribution in [0, 0.1) is 5.92 Å². The second-order valence-corrected chi connectivity index (χ2v) is 2.47. The molecule has 0 heterocycles. The van der Waals surface area contributed by atoms with E-state index in [-0.39, 0.29) is 5.92 Å². The Kier molecular flexibility index (Phi) is 1.89. The second-order valence-electron chi connectivity index (χ2n) is 2.47. The number of nitrogens with two attached hydrogens (primary N) is 1. The molecule has 1 atom stereocenters. The lowest BCUT2D eigenvalue weighted by Crippen LogP contribution is -2.09. The molecule has 0 aromatic rings. The van der Waals surface area contributed by atoms with Crippen LogP contribution in [0.15, 0.2) is 5.10 Å². The van der Waals surface area contributed by atoms with Gasteiger partial charge in [-0.05, 0) is 12.8 Å². The standard InChI is InChI=1S/C6H10N2O2/c7-8-5-2-1-4(3-5)6(9)10/h4H,1-3,7H2,(H,9,10)/b8-5-/t4-/m0/s1. The van der Waals surface area contributed by atoms with Gasteiger partial charge in [0.25, 0.3) is 0 Å². The van der Waals surface area contributed by atoms with E-state index in [1.165, 1.54) is 0 Å². The number of hydrogen-bond acceptors (Lipinski definition) is 3. The van der Waals surface area contributed by atoms with E-state index in [1.807, 2.05) is 0 Å². The predicted octanol–water partition coefficient (Wildman–Crippen LogP) is 0.186. The van der Waals surface area contributed by atoms with Crippen LogP contribution in [0.2, 0.25) is 0 Å². The molecule has 1 saturated carbocycles. The molecular formula is C6H10N2O2. The average Bonchev–Trinajstić information content (AvgIpc) is 2.34. The summed E-state index contributed by atoms with van der Waals surface area (Å²) in [5.41, 5.74) is 0.826. The molecule has 3 N–H and O–H groups in total. The molecule has 1 aliphatic carbocycles. The van der Waals surface area contributed by atoms with Gasteiger partial charge >= 0.3 is 5.97 Å². The first-order chi connectivity index (χ1) is 4.74. The Bertz CT molecular complexity index is 177. The van der Waals surface area contributed by atoms with Crippen molar-refractivity contribution >= 4 is 11.7 Å². The van der Waals surface area contributed by atoms with E-state index in [4.69, 9.17) is 10.9 Å². The quantitative estimate of drug-likeness (QED) is 0.405. The Morgan fingerprint density at radius 2 is 2.50 bits per heavy atom. The van der Waals surface area contributed by atoms with Crippen molar-refractivity contribution in [2.24, 2.45) is 16.9 Å². The topological polar surface area (TPSA) is 75.7 Å². The lowest BCUT2D eigenvalue weighted by Gasteiger charge is -1.97.